The molecule has 0 spiro atoms. The van der Waals surface area contributed by atoms with Gasteiger partial charge in [0.2, 0.25) is 5.91 Å². The van der Waals surface area contributed by atoms with Crippen molar-refractivity contribution < 1.29 is 13.9 Å². The predicted molar refractivity (Wildman–Crippen MR) is 72.4 cm³/mol. The molecule has 0 bridgehead atoms. The van der Waals surface area contributed by atoms with Crippen LogP contribution >= 0.6 is 0 Å². The third kappa shape index (κ3) is 5.70. The van der Waals surface area contributed by atoms with Crippen molar-refractivity contribution in [3.63, 3.8) is 0 Å². The van der Waals surface area contributed by atoms with E-state index in [1.807, 2.05) is 13.8 Å². The number of carbonyl (C=O) groups excluding carboxylic acids is 1. The number of nitrogens with one attached hydrogen (secondary N) is 1. The molecule has 1 aromatic carbocycles. The Morgan fingerprint density at radius 1 is 1.42 bits per heavy atom. The van der Waals surface area contributed by atoms with Crippen LogP contribution in [0.5, 0.6) is 5.75 Å². The summed E-state index contributed by atoms with van der Waals surface area (Å²) in [5.74, 6) is -0.256. The highest BCUT2D eigenvalue weighted by Crippen LogP contribution is 2.15. The molecule has 19 heavy (non-hydrogen) atoms. The van der Waals surface area contributed by atoms with Crippen molar-refractivity contribution in [2.75, 3.05) is 13.2 Å². The molecular weight excluding hydrogens is 247 g/mol. The minimum atomic E-state index is -0.399. The molecule has 0 aliphatic carbocycles. The molecular formula is C14H21FN2O2. The van der Waals surface area contributed by atoms with Crippen LogP contribution in [0.3, 0.4) is 0 Å². The van der Waals surface area contributed by atoms with Crippen molar-refractivity contribution in [3.05, 3.63) is 30.1 Å². The van der Waals surface area contributed by atoms with E-state index in [0.29, 0.717) is 26.0 Å². The van der Waals surface area contributed by atoms with Gasteiger partial charge in [0.1, 0.15) is 0 Å². The van der Waals surface area contributed by atoms with Crippen molar-refractivity contribution in [2.24, 2.45) is 5.73 Å². The van der Waals surface area contributed by atoms with Gasteiger partial charge in [-0.3, -0.25) is 4.79 Å². The molecule has 106 valence electrons. The summed E-state index contributed by atoms with van der Waals surface area (Å²) < 4.78 is 18.5. The normalized spacial score (nSPS) is 11.2. The summed E-state index contributed by atoms with van der Waals surface area (Å²) in [5, 5.41) is 2.82. The lowest BCUT2D eigenvalue weighted by Gasteiger charge is -2.24. The van der Waals surface area contributed by atoms with Crippen molar-refractivity contribution in [3.8, 4) is 5.75 Å². The van der Waals surface area contributed by atoms with E-state index < -0.39 is 11.4 Å². The van der Waals surface area contributed by atoms with Gasteiger partial charge in [-0.15, -0.1) is 0 Å². The van der Waals surface area contributed by atoms with Crippen LogP contribution in [0, 0.1) is 5.82 Å². The maximum atomic E-state index is 13.2. The summed E-state index contributed by atoms with van der Waals surface area (Å²) in [5.41, 5.74) is 5.12. The zero-order chi connectivity index (χ0) is 14.3. The van der Waals surface area contributed by atoms with Gasteiger partial charge in [0, 0.05) is 18.5 Å². The molecule has 0 fully saturated rings. The standard InChI is InChI=1S/C14H21FN2O2/c1-14(2,10-16)17-13(18)8-5-9-19-12-7-4-3-6-11(12)15/h3-4,6-7H,5,8-10,16H2,1-2H3,(H,17,18). The molecule has 0 aliphatic heterocycles. The Kier molecular flexibility index (Phi) is 5.76. The predicted octanol–water partition coefficient (Wildman–Crippen LogP) is 1.84. The molecule has 0 aromatic heterocycles. The molecule has 0 radical (unpaired) electrons. The third-order valence-corrected chi connectivity index (χ3v) is 2.63. The van der Waals surface area contributed by atoms with Crippen molar-refractivity contribution in [1.82, 2.24) is 5.32 Å². The fraction of sp³-hybridized carbons (Fsp3) is 0.500. The number of rotatable bonds is 7. The first kappa shape index (κ1) is 15.4. The second-order valence-electron chi connectivity index (χ2n) is 5.02. The van der Waals surface area contributed by atoms with Gasteiger partial charge in [-0.1, -0.05) is 12.1 Å². The van der Waals surface area contributed by atoms with Gasteiger partial charge in [0.05, 0.1) is 6.61 Å². The smallest absolute Gasteiger partial charge is 0.220 e. The zero-order valence-corrected chi connectivity index (χ0v) is 11.4. The average Bonchev–Trinajstić information content (AvgIpc) is 2.36. The monoisotopic (exact) mass is 268 g/mol. The molecule has 0 unspecified atom stereocenters. The Morgan fingerprint density at radius 3 is 2.74 bits per heavy atom. The number of para-hydroxylation sites is 1. The van der Waals surface area contributed by atoms with Crippen LogP contribution in [-0.4, -0.2) is 24.6 Å². The maximum absolute atomic E-state index is 13.2. The van der Waals surface area contributed by atoms with Crippen LogP contribution in [0.4, 0.5) is 4.39 Å². The Morgan fingerprint density at radius 2 is 2.11 bits per heavy atom. The quantitative estimate of drug-likeness (QED) is 0.742. The number of benzene rings is 1. The highest BCUT2D eigenvalue weighted by Gasteiger charge is 2.17. The lowest BCUT2D eigenvalue weighted by Crippen LogP contribution is -2.48. The topological polar surface area (TPSA) is 64.3 Å². The second-order valence-corrected chi connectivity index (χ2v) is 5.02. The highest BCUT2D eigenvalue weighted by atomic mass is 19.1. The number of carbonyl (C=O) groups is 1. The molecule has 4 nitrogen and oxygen atoms in total. The van der Waals surface area contributed by atoms with Crippen LogP contribution in [0.2, 0.25) is 0 Å². The van der Waals surface area contributed by atoms with E-state index in [0.717, 1.165) is 0 Å². The number of halogens is 1. The molecule has 5 heteroatoms. The van der Waals surface area contributed by atoms with Gasteiger partial charge in [-0.05, 0) is 32.4 Å². The zero-order valence-electron chi connectivity index (χ0n) is 11.4. The van der Waals surface area contributed by atoms with Crippen molar-refractivity contribution in [2.45, 2.75) is 32.2 Å². The Bertz CT molecular complexity index is 422. The summed E-state index contributed by atoms with van der Waals surface area (Å²) in [7, 11) is 0. The maximum Gasteiger partial charge on any atom is 0.220 e. The van der Waals surface area contributed by atoms with Gasteiger partial charge in [0.15, 0.2) is 11.6 Å². The third-order valence-electron chi connectivity index (χ3n) is 2.63. The number of ether oxygens (including phenoxy) is 1. The van der Waals surface area contributed by atoms with Gasteiger partial charge in [-0.2, -0.15) is 0 Å². The van der Waals surface area contributed by atoms with Gasteiger partial charge in [-0.25, -0.2) is 4.39 Å². The fourth-order valence-electron chi connectivity index (χ4n) is 1.47. The summed E-state index contributed by atoms with van der Waals surface area (Å²) in [6.07, 6.45) is 0.860. The molecule has 0 aliphatic rings. The van der Waals surface area contributed by atoms with Crippen molar-refractivity contribution >= 4 is 5.91 Å². The number of amides is 1. The summed E-state index contributed by atoms with van der Waals surface area (Å²) >= 11 is 0. The SMILES string of the molecule is CC(C)(CN)NC(=O)CCCOc1ccccc1F. The van der Waals surface area contributed by atoms with Gasteiger partial charge < -0.3 is 15.8 Å². The van der Waals surface area contributed by atoms with Gasteiger partial charge in [0.25, 0.3) is 0 Å². The first-order valence-electron chi connectivity index (χ1n) is 6.33. The molecule has 3 N–H and O–H groups in total. The van der Waals surface area contributed by atoms with E-state index in [1.54, 1.807) is 18.2 Å². The van der Waals surface area contributed by atoms with E-state index in [-0.39, 0.29) is 11.7 Å². The van der Waals surface area contributed by atoms with E-state index in [4.69, 9.17) is 10.5 Å². The van der Waals surface area contributed by atoms with E-state index in [1.165, 1.54) is 6.07 Å². The Labute approximate surface area is 113 Å². The Hall–Kier alpha value is -1.62. The highest BCUT2D eigenvalue weighted by molar-refractivity contribution is 5.76. The number of nitrogens with two attached hydrogens (primary N) is 1. The largest absolute Gasteiger partial charge is 0.491 e. The Balaban J connectivity index is 2.25. The molecule has 1 rings (SSSR count). The van der Waals surface area contributed by atoms with Crippen LogP contribution < -0.4 is 15.8 Å². The first-order valence-corrected chi connectivity index (χ1v) is 6.33. The van der Waals surface area contributed by atoms with E-state index in [9.17, 15) is 9.18 Å². The van der Waals surface area contributed by atoms with Gasteiger partial charge >= 0.3 is 0 Å². The molecule has 0 atom stereocenters. The molecule has 1 amide bonds. The fourth-order valence-corrected chi connectivity index (χ4v) is 1.47. The van der Waals surface area contributed by atoms with Crippen LogP contribution in [0.1, 0.15) is 26.7 Å². The number of hydrogen-bond acceptors (Lipinski definition) is 3. The summed E-state index contributed by atoms with van der Waals surface area (Å²) in [6, 6.07) is 6.21. The lowest BCUT2D eigenvalue weighted by atomic mass is 10.1. The summed E-state index contributed by atoms with van der Waals surface area (Å²) in [6.45, 7) is 4.41. The molecule has 0 heterocycles. The van der Waals surface area contributed by atoms with Crippen molar-refractivity contribution in [1.29, 1.82) is 0 Å². The first-order chi connectivity index (χ1) is 8.94. The average molecular weight is 268 g/mol. The van der Waals surface area contributed by atoms with Crippen LogP contribution in [0.25, 0.3) is 0 Å². The van der Waals surface area contributed by atoms with Crippen LogP contribution in [-0.2, 0) is 4.79 Å². The minimum absolute atomic E-state index is 0.0763. The van der Waals surface area contributed by atoms with E-state index >= 15 is 0 Å². The molecule has 0 saturated heterocycles. The molecule has 1 aromatic rings. The minimum Gasteiger partial charge on any atom is -0.491 e. The summed E-state index contributed by atoms with van der Waals surface area (Å²) in [4.78, 5) is 11.6. The van der Waals surface area contributed by atoms with E-state index in [2.05, 4.69) is 5.32 Å². The van der Waals surface area contributed by atoms with Crippen LogP contribution in [0.15, 0.2) is 24.3 Å². The lowest BCUT2D eigenvalue weighted by molar-refractivity contribution is -0.122. The molecule has 0 saturated carbocycles. The number of hydrogen-bond donors (Lipinski definition) is 2. The second kappa shape index (κ2) is 7.09.